The van der Waals surface area contributed by atoms with Crippen LogP contribution in [0.15, 0.2) is 48.5 Å². The standard InChI is InChI=1S/C18H20F3NO2/c1-13(16-6-2-5-15(8-16)11-23)22-10-14-4-3-7-17(9-14)24-12-18(19,20)21/h2-9,13,22-23H,10-12H2,1H3. The molecule has 2 N–H and O–H groups in total. The van der Waals surface area contributed by atoms with Gasteiger partial charge in [0.25, 0.3) is 0 Å². The predicted octanol–water partition coefficient (Wildman–Crippen LogP) is 3.97. The second-order valence-corrected chi connectivity index (χ2v) is 5.56. The largest absolute Gasteiger partial charge is 0.484 e. The number of ether oxygens (including phenoxy) is 1. The van der Waals surface area contributed by atoms with Gasteiger partial charge in [-0.25, -0.2) is 0 Å². The van der Waals surface area contributed by atoms with Gasteiger partial charge in [0.1, 0.15) is 5.75 Å². The summed E-state index contributed by atoms with van der Waals surface area (Å²) in [5.74, 6) is 0.196. The van der Waals surface area contributed by atoms with E-state index in [2.05, 4.69) is 5.32 Å². The summed E-state index contributed by atoms with van der Waals surface area (Å²) in [5.41, 5.74) is 2.70. The number of hydrogen-bond donors (Lipinski definition) is 2. The third kappa shape index (κ3) is 5.86. The molecule has 2 rings (SSSR count). The zero-order valence-electron chi connectivity index (χ0n) is 13.3. The van der Waals surface area contributed by atoms with Gasteiger partial charge in [-0.2, -0.15) is 13.2 Å². The first kappa shape index (κ1) is 18.3. The van der Waals surface area contributed by atoms with E-state index >= 15 is 0 Å². The Hall–Kier alpha value is -2.05. The molecule has 0 saturated carbocycles. The summed E-state index contributed by atoms with van der Waals surface area (Å²) in [7, 11) is 0. The summed E-state index contributed by atoms with van der Waals surface area (Å²) in [4.78, 5) is 0. The summed E-state index contributed by atoms with van der Waals surface area (Å²) in [5, 5.41) is 12.5. The first-order valence-electron chi connectivity index (χ1n) is 7.59. The number of rotatable bonds is 7. The van der Waals surface area contributed by atoms with Gasteiger partial charge >= 0.3 is 6.18 Å². The van der Waals surface area contributed by atoms with Gasteiger partial charge in [0, 0.05) is 12.6 Å². The van der Waals surface area contributed by atoms with Crippen molar-refractivity contribution in [3.63, 3.8) is 0 Å². The average Bonchev–Trinajstić information content (AvgIpc) is 2.57. The summed E-state index contributed by atoms with van der Waals surface area (Å²) in [6.45, 7) is 1.17. The van der Waals surface area contributed by atoms with E-state index in [1.807, 2.05) is 37.3 Å². The predicted molar refractivity (Wildman–Crippen MR) is 85.6 cm³/mol. The fourth-order valence-electron chi connectivity index (χ4n) is 2.26. The molecule has 1 atom stereocenters. The molecule has 24 heavy (non-hydrogen) atoms. The molecule has 0 amide bonds. The molecule has 0 fully saturated rings. The van der Waals surface area contributed by atoms with Crippen LogP contribution < -0.4 is 10.1 Å². The smallest absolute Gasteiger partial charge is 0.422 e. The highest BCUT2D eigenvalue weighted by Crippen LogP contribution is 2.20. The van der Waals surface area contributed by atoms with Gasteiger partial charge < -0.3 is 15.2 Å². The normalized spacial score (nSPS) is 12.9. The molecule has 0 aliphatic rings. The van der Waals surface area contributed by atoms with Crippen molar-refractivity contribution in [3.8, 4) is 5.75 Å². The number of aliphatic hydroxyl groups excluding tert-OH is 1. The van der Waals surface area contributed by atoms with Gasteiger partial charge in [-0.1, -0.05) is 36.4 Å². The number of nitrogens with one attached hydrogen (secondary N) is 1. The zero-order chi connectivity index (χ0) is 17.6. The minimum Gasteiger partial charge on any atom is -0.484 e. The maximum atomic E-state index is 12.2. The summed E-state index contributed by atoms with van der Waals surface area (Å²) >= 11 is 0. The van der Waals surface area contributed by atoms with Crippen LogP contribution in [0, 0.1) is 0 Å². The lowest BCUT2D eigenvalue weighted by atomic mass is 10.1. The first-order chi connectivity index (χ1) is 11.4. The van der Waals surface area contributed by atoms with Crippen LogP contribution in [0.3, 0.4) is 0 Å². The molecule has 2 aromatic rings. The number of hydrogen-bond acceptors (Lipinski definition) is 3. The fourth-order valence-corrected chi connectivity index (χ4v) is 2.26. The van der Waals surface area contributed by atoms with Crippen molar-refractivity contribution < 1.29 is 23.0 Å². The van der Waals surface area contributed by atoms with E-state index in [1.165, 1.54) is 6.07 Å². The SMILES string of the molecule is CC(NCc1cccc(OCC(F)(F)F)c1)c1cccc(CO)c1. The van der Waals surface area contributed by atoms with Crippen LogP contribution in [0.2, 0.25) is 0 Å². The van der Waals surface area contributed by atoms with E-state index in [-0.39, 0.29) is 18.4 Å². The lowest BCUT2D eigenvalue weighted by molar-refractivity contribution is -0.153. The van der Waals surface area contributed by atoms with Crippen LogP contribution in [-0.2, 0) is 13.2 Å². The minimum absolute atomic E-state index is 0.0147. The number of halogens is 3. The topological polar surface area (TPSA) is 41.5 Å². The Morgan fingerprint density at radius 1 is 1.08 bits per heavy atom. The molecule has 0 aliphatic carbocycles. The molecule has 0 aromatic heterocycles. The van der Waals surface area contributed by atoms with Crippen LogP contribution in [-0.4, -0.2) is 17.9 Å². The molecular weight excluding hydrogens is 319 g/mol. The maximum absolute atomic E-state index is 12.2. The Labute approximate surface area is 139 Å². The molecule has 1 unspecified atom stereocenters. The quantitative estimate of drug-likeness (QED) is 0.802. The molecule has 6 heteroatoms. The van der Waals surface area contributed by atoms with E-state index in [0.29, 0.717) is 6.54 Å². The second kappa shape index (κ2) is 8.17. The Morgan fingerprint density at radius 2 is 1.79 bits per heavy atom. The molecule has 0 radical (unpaired) electrons. The van der Waals surface area contributed by atoms with Gasteiger partial charge in [0.15, 0.2) is 6.61 Å². The molecule has 0 spiro atoms. The number of benzene rings is 2. The maximum Gasteiger partial charge on any atom is 0.422 e. The van der Waals surface area contributed by atoms with Gasteiger partial charge in [-0.3, -0.25) is 0 Å². The van der Waals surface area contributed by atoms with Crippen LogP contribution in [0.25, 0.3) is 0 Å². The molecule has 130 valence electrons. The Bertz CT molecular complexity index is 659. The highest BCUT2D eigenvalue weighted by Gasteiger charge is 2.28. The lowest BCUT2D eigenvalue weighted by Crippen LogP contribution is -2.20. The molecule has 0 bridgehead atoms. The lowest BCUT2D eigenvalue weighted by Gasteiger charge is -2.16. The highest BCUT2D eigenvalue weighted by atomic mass is 19.4. The third-order valence-corrected chi connectivity index (χ3v) is 3.55. The van der Waals surface area contributed by atoms with Crippen molar-refractivity contribution in [3.05, 3.63) is 65.2 Å². The zero-order valence-corrected chi connectivity index (χ0v) is 13.3. The molecule has 0 heterocycles. The van der Waals surface area contributed by atoms with E-state index in [4.69, 9.17) is 4.74 Å². The molecule has 0 aliphatic heterocycles. The van der Waals surface area contributed by atoms with E-state index in [9.17, 15) is 18.3 Å². The minimum atomic E-state index is -4.35. The van der Waals surface area contributed by atoms with Crippen molar-refractivity contribution in [1.29, 1.82) is 0 Å². The Balaban J connectivity index is 1.93. The molecule has 0 saturated heterocycles. The van der Waals surface area contributed by atoms with Crippen LogP contribution in [0.5, 0.6) is 5.75 Å². The van der Waals surface area contributed by atoms with Crippen molar-refractivity contribution in [2.45, 2.75) is 32.3 Å². The van der Waals surface area contributed by atoms with Crippen LogP contribution in [0.1, 0.15) is 29.7 Å². The molecule has 2 aromatic carbocycles. The van der Waals surface area contributed by atoms with Gasteiger partial charge in [0.2, 0.25) is 0 Å². The van der Waals surface area contributed by atoms with Gasteiger partial charge in [-0.15, -0.1) is 0 Å². The van der Waals surface area contributed by atoms with E-state index in [1.54, 1.807) is 12.1 Å². The average molecular weight is 339 g/mol. The monoisotopic (exact) mass is 339 g/mol. The number of aliphatic hydroxyl groups is 1. The summed E-state index contributed by atoms with van der Waals surface area (Å²) < 4.78 is 41.3. The van der Waals surface area contributed by atoms with E-state index < -0.39 is 12.8 Å². The van der Waals surface area contributed by atoms with Crippen LogP contribution in [0.4, 0.5) is 13.2 Å². The van der Waals surface area contributed by atoms with E-state index in [0.717, 1.165) is 16.7 Å². The summed E-state index contributed by atoms with van der Waals surface area (Å²) in [6.07, 6.45) is -4.35. The van der Waals surface area contributed by atoms with Crippen molar-refractivity contribution in [1.82, 2.24) is 5.32 Å². The van der Waals surface area contributed by atoms with Crippen molar-refractivity contribution in [2.24, 2.45) is 0 Å². The second-order valence-electron chi connectivity index (χ2n) is 5.56. The highest BCUT2D eigenvalue weighted by molar-refractivity contribution is 5.29. The summed E-state index contributed by atoms with van der Waals surface area (Å²) in [6, 6.07) is 14.2. The van der Waals surface area contributed by atoms with Gasteiger partial charge in [-0.05, 0) is 35.7 Å². The first-order valence-corrected chi connectivity index (χ1v) is 7.59. The molecular formula is C18H20F3NO2. The molecule has 3 nitrogen and oxygen atoms in total. The van der Waals surface area contributed by atoms with Gasteiger partial charge in [0.05, 0.1) is 6.61 Å². The van der Waals surface area contributed by atoms with Crippen LogP contribution >= 0.6 is 0 Å². The third-order valence-electron chi connectivity index (χ3n) is 3.55. The van der Waals surface area contributed by atoms with Crippen molar-refractivity contribution >= 4 is 0 Å². The Morgan fingerprint density at radius 3 is 2.50 bits per heavy atom. The Kier molecular flexibility index (Phi) is 6.23. The fraction of sp³-hybridized carbons (Fsp3) is 0.333. The van der Waals surface area contributed by atoms with Crippen molar-refractivity contribution in [2.75, 3.05) is 6.61 Å². The number of alkyl halides is 3.